The van der Waals surface area contributed by atoms with Crippen LogP contribution in [0.4, 0.5) is 0 Å². The lowest BCUT2D eigenvalue weighted by Crippen LogP contribution is -1.91. The molecular formula is C11H12ClN3O2S. The summed E-state index contributed by atoms with van der Waals surface area (Å²) in [5.74, 6) is 0.858. The first-order valence-electron chi connectivity index (χ1n) is 4.92. The average molecular weight is 286 g/mol. The molecular weight excluding hydrogens is 274 g/mol. The molecule has 0 bridgehead atoms. The van der Waals surface area contributed by atoms with Crippen LogP contribution in [0, 0.1) is 0 Å². The highest BCUT2D eigenvalue weighted by Crippen LogP contribution is 2.19. The summed E-state index contributed by atoms with van der Waals surface area (Å²) in [4.78, 5) is 4.96. The molecule has 0 aliphatic rings. The lowest BCUT2D eigenvalue weighted by atomic mass is 10.3. The molecule has 2 rings (SSSR count). The lowest BCUT2D eigenvalue weighted by molar-refractivity contribution is 0.309. The van der Waals surface area contributed by atoms with Crippen LogP contribution in [0.5, 0.6) is 5.75 Å². The van der Waals surface area contributed by atoms with Gasteiger partial charge in [0.1, 0.15) is 18.7 Å². The first kappa shape index (κ1) is 14.3. The van der Waals surface area contributed by atoms with Gasteiger partial charge in [-0.2, -0.15) is 0 Å². The summed E-state index contributed by atoms with van der Waals surface area (Å²) in [6.07, 6.45) is 2.54. The first-order valence-corrected chi connectivity index (χ1v) is 6.11. The second-order valence-corrected chi connectivity index (χ2v) is 4.64. The minimum absolute atomic E-state index is 0.522. The Kier molecular flexibility index (Phi) is 6.60. The average Bonchev–Trinajstić information content (AvgIpc) is 2.84. The Bertz CT molecular complexity index is 472. The van der Waals surface area contributed by atoms with E-state index < -0.39 is 0 Å². The van der Waals surface area contributed by atoms with Gasteiger partial charge in [0.2, 0.25) is 0 Å². The molecule has 96 valence electrons. The smallest absolute Gasteiger partial charge is 0.183 e. The fourth-order valence-corrected chi connectivity index (χ4v) is 1.91. The van der Waals surface area contributed by atoms with Crippen LogP contribution in [0.2, 0.25) is 4.47 Å². The molecule has 1 heterocycles. The molecule has 5 nitrogen and oxygen atoms in total. The van der Waals surface area contributed by atoms with Gasteiger partial charge in [-0.25, -0.2) is 4.98 Å². The Labute approximate surface area is 113 Å². The van der Waals surface area contributed by atoms with Crippen LogP contribution in [0.3, 0.4) is 0 Å². The molecule has 0 aliphatic heterocycles. The molecule has 7 heteroatoms. The quantitative estimate of drug-likeness (QED) is 0.393. The van der Waals surface area contributed by atoms with Crippen LogP contribution < -0.4 is 10.5 Å². The van der Waals surface area contributed by atoms with Gasteiger partial charge in [-0.05, 0) is 12.1 Å². The van der Waals surface area contributed by atoms with Gasteiger partial charge in [-0.15, -0.1) is 11.3 Å². The van der Waals surface area contributed by atoms with Crippen molar-refractivity contribution in [3.05, 3.63) is 45.9 Å². The van der Waals surface area contributed by atoms with Gasteiger partial charge in [-0.3, -0.25) is 0 Å². The summed E-state index contributed by atoms with van der Waals surface area (Å²) in [6.45, 7) is 0.522. The number of benzene rings is 1. The number of aromatic nitrogens is 1. The predicted molar refractivity (Wildman–Crippen MR) is 72.4 cm³/mol. The van der Waals surface area contributed by atoms with Gasteiger partial charge in [0, 0.05) is 6.20 Å². The van der Waals surface area contributed by atoms with E-state index in [0.717, 1.165) is 17.0 Å². The highest BCUT2D eigenvalue weighted by Gasteiger charge is 1.99. The second-order valence-electron chi connectivity index (χ2n) is 2.95. The van der Waals surface area contributed by atoms with E-state index in [1.165, 1.54) is 11.3 Å². The van der Waals surface area contributed by atoms with Crippen LogP contribution >= 0.6 is 22.9 Å². The van der Waals surface area contributed by atoms with Crippen molar-refractivity contribution in [3.63, 3.8) is 0 Å². The number of hydrogen-bond acceptors (Lipinski definition) is 5. The van der Waals surface area contributed by atoms with Crippen molar-refractivity contribution in [2.75, 3.05) is 0 Å². The minimum atomic E-state index is 0.522. The van der Waals surface area contributed by atoms with E-state index in [2.05, 4.69) is 15.9 Å². The Hall–Kier alpha value is -1.79. The van der Waals surface area contributed by atoms with Crippen molar-refractivity contribution < 1.29 is 9.94 Å². The van der Waals surface area contributed by atoms with Gasteiger partial charge in [-0.1, -0.05) is 35.0 Å². The fraction of sp³-hybridized carbons (Fsp3) is 0.0909. The molecule has 0 spiro atoms. The van der Waals surface area contributed by atoms with Crippen molar-refractivity contribution in [2.24, 2.45) is 10.9 Å². The molecule has 0 saturated carbocycles. The fourth-order valence-electron chi connectivity index (χ4n) is 1.02. The van der Waals surface area contributed by atoms with E-state index in [1.54, 1.807) is 6.20 Å². The Morgan fingerprint density at radius 1 is 1.44 bits per heavy atom. The molecule has 18 heavy (non-hydrogen) atoms. The summed E-state index contributed by atoms with van der Waals surface area (Å²) in [5, 5.41) is 9.71. The number of oxime groups is 1. The van der Waals surface area contributed by atoms with E-state index in [1.807, 2.05) is 30.3 Å². The number of hydrogen-bond donors (Lipinski definition) is 2. The summed E-state index contributed by atoms with van der Waals surface area (Å²) < 4.78 is 6.07. The number of rotatable bonds is 3. The van der Waals surface area contributed by atoms with Gasteiger partial charge in [0.15, 0.2) is 4.47 Å². The predicted octanol–water partition coefficient (Wildman–Crippen LogP) is 2.74. The number of para-hydroxylation sites is 1. The Balaban J connectivity index is 0.000000357. The molecule has 0 unspecified atom stereocenters. The minimum Gasteiger partial charge on any atom is -0.488 e. The SMILES string of the molecule is Clc1ncc(COc2ccccc2)s1.N/C=N/O. The summed E-state index contributed by atoms with van der Waals surface area (Å²) in [5.41, 5.74) is 4.49. The third-order valence-corrected chi connectivity index (χ3v) is 2.80. The molecule has 0 fully saturated rings. The third kappa shape index (κ3) is 5.51. The van der Waals surface area contributed by atoms with Crippen LogP contribution in [-0.4, -0.2) is 16.5 Å². The van der Waals surface area contributed by atoms with Crippen LogP contribution in [0.25, 0.3) is 0 Å². The maximum atomic E-state index is 7.32. The van der Waals surface area contributed by atoms with E-state index in [9.17, 15) is 0 Å². The van der Waals surface area contributed by atoms with Crippen molar-refractivity contribution >= 4 is 29.3 Å². The normalized spacial score (nSPS) is 9.83. The van der Waals surface area contributed by atoms with E-state index in [0.29, 0.717) is 11.1 Å². The van der Waals surface area contributed by atoms with Crippen molar-refractivity contribution in [1.82, 2.24) is 4.98 Å². The molecule has 0 aliphatic carbocycles. The standard InChI is InChI=1S/C10H8ClNOS.CH4N2O/c11-10-12-6-9(14-10)7-13-8-4-2-1-3-5-8;2-1-3-4/h1-6H,7H2;1,4H,(H2,2,3). The van der Waals surface area contributed by atoms with Gasteiger partial charge in [0.25, 0.3) is 0 Å². The van der Waals surface area contributed by atoms with E-state index in [-0.39, 0.29) is 0 Å². The highest BCUT2D eigenvalue weighted by atomic mass is 35.5. The lowest BCUT2D eigenvalue weighted by Gasteiger charge is -2.02. The number of nitrogens with two attached hydrogens (primary N) is 1. The van der Waals surface area contributed by atoms with E-state index >= 15 is 0 Å². The molecule has 0 saturated heterocycles. The number of halogens is 1. The van der Waals surface area contributed by atoms with Crippen molar-refractivity contribution in [3.8, 4) is 5.75 Å². The monoisotopic (exact) mass is 285 g/mol. The molecule has 1 aromatic heterocycles. The molecule has 0 amide bonds. The van der Waals surface area contributed by atoms with Gasteiger partial charge >= 0.3 is 0 Å². The van der Waals surface area contributed by atoms with Crippen molar-refractivity contribution in [1.29, 1.82) is 0 Å². The van der Waals surface area contributed by atoms with Crippen LogP contribution in [0.1, 0.15) is 4.88 Å². The zero-order valence-corrected chi connectivity index (χ0v) is 10.9. The molecule has 2 aromatic rings. The first-order chi connectivity index (χ1) is 8.76. The maximum Gasteiger partial charge on any atom is 0.183 e. The van der Waals surface area contributed by atoms with Gasteiger partial charge in [0.05, 0.1) is 4.88 Å². The third-order valence-electron chi connectivity index (χ3n) is 1.72. The zero-order chi connectivity index (χ0) is 13.2. The Morgan fingerprint density at radius 2 is 2.11 bits per heavy atom. The van der Waals surface area contributed by atoms with Crippen LogP contribution in [0.15, 0.2) is 41.7 Å². The highest BCUT2D eigenvalue weighted by molar-refractivity contribution is 7.15. The molecule has 3 N–H and O–H groups in total. The summed E-state index contributed by atoms with van der Waals surface area (Å²) in [6, 6.07) is 9.67. The largest absolute Gasteiger partial charge is 0.488 e. The van der Waals surface area contributed by atoms with Crippen molar-refractivity contribution in [2.45, 2.75) is 6.61 Å². The molecule has 0 radical (unpaired) electrons. The second kappa shape index (κ2) is 8.32. The van der Waals surface area contributed by atoms with Crippen LogP contribution in [-0.2, 0) is 6.61 Å². The number of thiazole rings is 1. The summed E-state index contributed by atoms with van der Waals surface area (Å²) >= 11 is 7.13. The number of nitrogens with zero attached hydrogens (tertiary/aromatic N) is 2. The molecule has 1 aromatic carbocycles. The van der Waals surface area contributed by atoms with E-state index in [4.69, 9.17) is 21.5 Å². The maximum absolute atomic E-state index is 7.32. The zero-order valence-electron chi connectivity index (χ0n) is 9.36. The molecule has 0 atom stereocenters. The topological polar surface area (TPSA) is 80.7 Å². The Morgan fingerprint density at radius 3 is 2.61 bits per heavy atom. The van der Waals surface area contributed by atoms with Gasteiger partial charge < -0.3 is 15.7 Å². The number of ether oxygens (including phenoxy) is 1. The summed E-state index contributed by atoms with van der Waals surface area (Å²) in [7, 11) is 0.